The average Bonchev–Trinajstić information content (AvgIpc) is 2.95. The first kappa shape index (κ1) is 19.1. The van der Waals surface area contributed by atoms with Crippen molar-refractivity contribution in [2.45, 2.75) is 12.2 Å². The molecule has 0 radical (unpaired) electrons. The van der Waals surface area contributed by atoms with Crippen molar-refractivity contribution >= 4 is 21.4 Å². The zero-order valence-corrected chi connectivity index (χ0v) is 14.5. The summed E-state index contributed by atoms with van der Waals surface area (Å²) in [6, 6.07) is 7.61. The third-order valence-electron chi connectivity index (χ3n) is 4.00. The summed E-state index contributed by atoms with van der Waals surface area (Å²) in [4.78, 5) is 14.0. The van der Waals surface area contributed by atoms with Crippen molar-refractivity contribution in [3.05, 3.63) is 77.0 Å². The number of hydrogen-bond acceptors (Lipinski definition) is 3. The molecule has 0 saturated heterocycles. The van der Waals surface area contributed by atoms with E-state index in [4.69, 9.17) is 0 Å². The van der Waals surface area contributed by atoms with Crippen LogP contribution in [0.4, 0.5) is 23.2 Å². The smallest absolute Gasteiger partial charge is 0.300 e. The molecule has 1 atom stereocenters. The minimum atomic E-state index is -4.63. The van der Waals surface area contributed by atoms with E-state index in [1.54, 1.807) is 0 Å². The average molecular weight is 399 g/mol. The molecule has 1 aliphatic rings. The van der Waals surface area contributed by atoms with E-state index in [0.29, 0.717) is 6.07 Å². The Morgan fingerprint density at radius 2 is 1.74 bits per heavy atom. The van der Waals surface area contributed by atoms with Gasteiger partial charge in [0.2, 0.25) is 0 Å². The molecule has 0 aliphatic carbocycles. The number of nitrogens with zero attached hydrogens (tertiary/aromatic N) is 1. The van der Waals surface area contributed by atoms with E-state index in [0.717, 1.165) is 34.6 Å². The number of rotatable bonds is 3. The Morgan fingerprint density at radius 3 is 2.30 bits per heavy atom. The Bertz CT molecular complexity index is 998. The highest BCUT2D eigenvalue weighted by Crippen LogP contribution is 2.31. The molecule has 3 rings (SSSR count). The molecule has 0 saturated carbocycles. The van der Waals surface area contributed by atoms with Crippen LogP contribution in [0.25, 0.3) is 0 Å². The zero-order chi connectivity index (χ0) is 19.8. The molecule has 0 unspecified atom stereocenters. The molecule has 0 spiro atoms. The van der Waals surface area contributed by atoms with Gasteiger partial charge in [0, 0.05) is 16.7 Å². The first-order valence-corrected chi connectivity index (χ1v) is 9.46. The van der Waals surface area contributed by atoms with E-state index < -0.39 is 45.1 Å². The summed E-state index contributed by atoms with van der Waals surface area (Å²) in [5, 5.41) is 0.952. The van der Waals surface area contributed by atoms with E-state index in [-0.39, 0.29) is 11.3 Å². The number of carbonyl (C=O) groups is 1. The number of anilines is 1. The predicted octanol–water partition coefficient (Wildman–Crippen LogP) is 3.80. The summed E-state index contributed by atoms with van der Waals surface area (Å²) in [6.45, 7) is 0. The lowest BCUT2D eigenvalue weighted by atomic mass is 10.1. The number of amides is 1. The summed E-state index contributed by atoms with van der Waals surface area (Å²) in [5.41, 5.74) is -1.08. The van der Waals surface area contributed by atoms with Crippen molar-refractivity contribution in [3.63, 3.8) is 0 Å². The minimum Gasteiger partial charge on any atom is -0.300 e. The number of sulfone groups is 1. The summed E-state index contributed by atoms with van der Waals surface area (Å²) in [6.07, 6.45) is -3.35. The first-order valence-electron chi connectivity index (χ1n) is 7.74. The SMILES string of the molecule is O=C(c1cccc(C(F)(F)F)c1)N(c1ccc(F)cc1)[C@H]1C=CS(=O)(=O)C1. The van der Waals surface area contributed by atoms with E-state index in [1.807, 2.05) is 0 Å². The molecule has 142 valence electrons. The molecule has 0 fully saturated rings. The lowest BCUT2D eigenvalue weighted by molar-refractivity contribution is -0.137. The van der Waals surface area contributed by atoms with Crippen molar-refractivity contribution in [2.75, 3.05) is 10.7 Å². The largest absolute Gasteiger partial charge is 0.416 e. The third kappa shape index (κ3) is 4.19. The van der Waals surface area contributed by atoms with Gasteiger partial charge in [-0.3, -0.25) is 4.79 Å². The molecule has 1 aliphatic heterocycles. The van der Waals surface area contributed by atoms with Crippen LogP contribution in [0.3, 0.4) is 0 Å². The van der Waals surface area contributed by atoms with Crippen molar-refractivity contribution < 1.29 is 30.8 Å². The molecule has 9 heteroatoms. The lowest BCUT2D eigenvalue weighted by Gasteiger charge is -2.28. The Balaban J connectivity index is 2.04. The maximum atomic E-state index is 13.2. The Hall–Kier alpha value is -2.68. The Kier molecular flexibility index (Phi) is 4.81. The van der Waals surface area contributed by atoms with Gasteiger partial charge in [-0.1, -0.05) is 6.07 Å². The molecule has 2 aromatic carbocycles. The number of carbonyl (C=O) groups excluding carboxylic acids is 1. The van der Waals surface area contributed by atoms with Gasteiger partial charge in [0.15, 0.2) is 9.84 Å². The maximum Gasteiger partial charge on any atom is 0.416 e. The van der Waals surface area contributed by atoms with Crippen LogP contribution in [0.15, 0.2) is 60.0 Å². The van der Waals surface area contributed by atoms with Crippen LogP contribution in [0, 0.1) is 5.82 Å². The summed E-state index contributed by atoms with van der Waals surface area (Å²) in [7, 11) is -3.53. The molecule has 1 amide bonds. The van der Waals surface area contributed by atoms with Crippen molar-refractivity contribution in [1.82, 2.24) is 0 Å². The van der Waals surface area contributed by atoms with Crippen LogP contribution in [0.1, 0.15) is 15.9 Å². The van der Waals surface area contributed by atoms with Gasteiger partial charge in [0.1, 0.15) is 5.82 Å². The van der Waals surface area contributed by atoms with Crippen LogP contribution in [0.2, 0.25) is 0 Å². The van der Waals surface area contributed by atoms with E-state index >= 15 is 0 Å². The zero-order valence-electron chi connectivity index (χ0n) is 13.7. The molecular weight excluding hydrogens is 386 g/mol. The number of hydrogen-bond donors (Lipinski definition) is 0. The predicted molar refractivity (Wildman–Crippen MR) is 91.4 cm³/mol. The van der Waals surface area contributed by atoms with Crippen molar-refractivity contribution in [1.29, 1.82) is 0 Å². The topological polar surface area (TPSA) is 54.5 Å². The van der Waals surface area contributed by atoms with Gasteiger partial charge < -0.3 is 4.90 Å². The molecular formula is C18H13F4NO3S. The van der Waals surface area contributed by atoms with Crippen LogP contribution in [-0.2, 0) is 16.0 Å². The van der Waals surface area contributed by atoms with E-state index in [9.17, 15) is 30.8 Å². The second kappa shape index (κ2) is 6.80. The highest BCUT2D eigenvalue weighted by Gasteiger charge is 2.34. The highest BCUT2D eigenvalue weighted by atomic mass is 32.2. The van der Waals surface area contributed by atoms with Gasteiger partial charge in [-0.2, -0.15) is 13.2 Å². The summed E-state index contributed by atoms with van der Waals surface area (Å²) < 4.78 is 75.5. The van der Waals surface area contributed by atoms with Gasteiger partial charge in [0.25, 0.3) is 5.91 Å². The standard InChI is InChI=1S/C18H13F4NO3S/c19-14-4-6-15(7-5-14)23(16-8-9-27(25,26)11-16)17(24)12-2-1-3-13(10-12)18(20,21)22/h1-10,16H,11H2/t16-/m0/s1. The monoisotopic (exact) mass is 399 g/mol. The van der Waals surface area contributed by atoms with Crippen LogP contribution >= 0.6 is 0 Å². The second-order valence-electron chi connectivity index (χ2n) is 5.96. The molecule has 4 nitrogen and oxygen atoms in total. The number of alkyl halides is 3. The molecule has 27 heavy (non-hydrogen) atoms. The fraction of sp³-hybridized carbons (Fsp3) is 0.167. The molecule has 0 aromatic heterocycles. The minimum absolute atomic E-state index is 0.172. The fourth-order valence-corrected chi connectivity index (χ4v) is 4.02. The Labute approximate surface area is 152 Å². The molecule has 0 N–H and O–H groups in total. The second-order valence-corrected chi connectivity index (χ2v) is 7.89. The van der Waals surface area contributed by atoms with Crippen molar-refractivity contribution in [2.24, 2.45) is 0 Å². The van der Waals surface area contributed by atoms with E-state index in [1.165, 1.54) is 24.3 Å². The molecule has 0 bridgehead atoms. The third-order valence-corrected chi connectivity index (χ3v) is 5.38. The highest BCUT2D eigenvalue weighted by molar-refractivity contribution is 7.94. The van der Waals surface area contributed by atoms with E-state index in [2.05, 4.69) is 0 Å². The van der Waals surface area contributed by atoms with Crippen molar-refractivity contribution in [3.8, 4) is 0 Å². The Morgan fingerprint density at radius 1 is 1.07 bits per heavy atom. The quantitative estimate of drug-likeness (QED) is 0.738. The first-order chi connectivity index (χ1) is 12.6. The van der Waals surface area contributed by atoms with Crippen LogP contribution in [-0.4, -0.2) is 26.1 Å². The maximum absolute atomic E-state index is 13.2. The van der Waals surface area contributed by atoms with Gasteiger partial charge in [-0.15, -0.1) is 0 Å². The number of halogens is 4. The van der Waals surface area contributed by atoms with Crippen LogP contribution < -0.4 is 4.90 Å². The molecule has 1 heterocycles. The normalized spacial score (nSPS) is 18.4. The number of benzene rings is 2. The van der Waals surface area contributed by atoms with Gasteiger partial charge in [-0.05, 0) is 48.5 Å². The molecule has 2 aromatic rings. The van der Waals surface area contributed by atoms with Gasteiger partial charge in [-0.25, -0.2) is 12.8 Å². The summed E-state index contributed by atoms with van der Waals surface area (Å²) in [5.74, 6) is -1.80. The van der Waals surface area contributed by atoms with Gasteiger partial charge >= 0.3 is 6.18 Å². The van der Waals surface area contributed by atoms with Gasteiger partial charge in [0.05, 0.1) is 17.4 Å². The van der Waals surface area contributed by atoms with Crippen LogP contribution in [0.5, 0.6) is 0 Å². The summed E-state index contributed by atoms with van der Waals surface area (Å²) >= 11 is 0. The lowest BCUT2D eigenvalue weighted by Crippen LogP contribution is -2.41. The fourth-order valence-electron chi connectivity index (χ4n) is 2.75.